The molecular weight excluding hydrogens is 443 g/mol. The number of nitrogens with zero attached hydrogens (tertiary/aromatic N) is 4. The summed E-state index contributed by atoms with van der Waals surface area (Å²) in [5.74, 6) is -1.05. The Morgan fingerprint density at radius 3 is 2.50 bits per heavy atom. The first-order chi connectivity index (χ1) is 15.7. The Bertz CT molecular complexity index is 1100. The van der Waals surface area contributed by atoms with Gasteiger partial charge in [-0.1, -0.05) is 41.0 Å². The Morgan fingerprint density at radius 2 is 1.75 bits per heavy atom. The van der Waals surface area contributed by atoms with Gasteiger partial charge >= 0.3 is 0 Å². The number of halogens is 2. The summed E-state index contributed by atoms with van der Waals surface area (Å²) in [6.07, 6.45) is 1.88. The summed E-state index contributed by atoms with van der Waals surface area (Å²) >= 11 is 6.08. The molecule has 0 N–H and O–H groups in total. The molecule has 0 amide bonds. The van der Waals surface area contributed by atoms with Gasteiger partial charge in [-0.3, -0.25) is 4.84 Å². The molecule has 1 unspecified atom stereocenters. The Kier molecular flexibility index (Phi) is 6.95. The second kappa shape index (κ2) is 10.2. The largest absolute Gasteiger partial charge is 0.435 e. The first-order valence-electron chi connectivity index (χ1n) is 9.47. The minimum absolute atomic E-state index is 0.247. The van der Waals surface area contributed by atoms with Crippen LogP contribution in [-0.4, -0.2) is 42.7 Å². The van der Waals surface area contributed by atoms with E-state index >= 15 is 4.39 Å². The maximum absolute atomic E-state index is 15.1. The van der Waals surface area contributed by atoms with Crippen molar-refractivity contribution in [2.75, 3.05) is 25.4 Å². The van der Waals surface area contributed by atoms with Crippen molar-refractivity contribution >= 4 is 23.5 Å². The van der Waals surface area contributed by atoms with Crippen LogP contribution in [0.2, 0.25) is 5.02 Å². The van der Waals surface area contributed by atoms with Crippen LogP contribution >= 0.6 is 11.6 Å². The molecule has 166 valence electrons. The van der Waals surface area contributed by atoms with Crippen LogP contribution < -0.4 is 14.5 Å². The van der Waals surface area contributed by atoms with Gasteiger partial charge in [0.2, 0.25) is 5.82 Å². The molecule has 3 aromatic rings. The number of anilines is 1. The molecule has 2 heterocycles. The highest BCUT2D eigenvalue weighted by Gasteiger charge is 2.27. The number of hydroxylamine groups is 1. The van der Waals surface area contributed by atoms with E-state index in [1.54, 1.807) is 48.5 Å². The molecule has 0 saturated carbocycles. The van der Waals surface area contributed by atoms with Crippen molar-refractivity contribution in [1.29, 1.82) is 0 Å². The first kappa shape index (κ1) is 21.8. The van der Waals surface area contributed by atoms with Crippen molar-refractivity contribution in [3.8, 4) is 23.3 Å². The zero-order valence-electron chi connectivity index (χ0n) is 16.9. The van der Waals surface area contributed by atoms with Gasteiger partial charge in [-0.2, -0.15) is 14.4 Å². The van der Waals surface area contributed by atoms with Gasteiger partial charge in [0, 0.05) is 0 Å². The van der Waals surface area contributed by atoms with E-state index in [0.717, 1.165) is 6.33 Å². The topological polar surface area (TPSA) is 87.5 Å². The fourth-order valence-electron chi connectivity index (χ4n) is 2.81. The number of hydrogen-bond donors (Lipinski definition) is 0. The van der Waals surface area contributed by atoms with E-state index in [0.29, 0.717) is 23.9 Å². The molecule has 32 heavy (non-hydrogen) atoms. The summed E-state index contributed by atoms with van der Waals surface area (Å²) in [7, 11) is 1.42. The molecule has 1 aromatic heterocycles. The lowest BCUT2D eigenvalue weighted by atomic mass is 10.2. The molecule has 1 atom stereocenters. The molecule has 1 aliphatic rings. The third-order valence-corrected chi connectivity index (χ3v) is 4.52. The third kappa shape index (κ3) is 4.88. The number of ether oxygens (including phenoxy) is 3. The van der Waals surface area contributed by atoms with Crippen molar-refractivity contribution < 1.29 is 28.3 Å². The van der Waals surface area contributed by atoms with E-state index in [2.05, 4.69) is 15.1 Å². The summed E-state index contributed by atoms with van der Waals surface area (Å²) in [6, 6.07) is 13.5. The molecule has 4 rings (SSSR count). The fourth-order valence-corrected chi connectivity index (χ4v) is 2.99. The van der Waals surface area contributed by atoms with Crippen LogP contribution in [0, 0.1) is 5.82 Å². The van der Waals surface area contributed by atoms with Crippen LogP contribution in [0.15, 0.2) is 60.0 Å². The SMILES string of the molecule is CON=CC1OCCON1c1ccccc1Oc1ncnc(Oc2ccccc2Cl)c1F. The molecule has 0 radical (unpaired) electrons. The van der Waals surface area contributed by atoms with Gasteiger partial charge < -0.3 is 19.0 Å². The highest BCUT2D eigenvalue weighted by Crippen LogP contribution is 2.37. The van der Waals surface area contributed by atoms with Crippen LogP contribution in [0.5, 0.6) is 23.3 Å². The van der Waals surface area contributed by atoms with Crippen molar-refractivity contribution in [3.05, 3.63) is 65.7 Å². The highest BCUT2D eigenvalue weighted by atomic mass is 35.5. The normalized spacial score (nSPS) is 16.2. The fraction of sp³-hybridized carbons (Fsp3) is 0.190. The number of benzene rings is 2. The van der Waals surface area contributed by atoms with E-state index in [9.17, 15) is 0 Å². The molecular formula is C21H18ClFN4O5. The van der Waals surface area contributed by atoms with Crippen molar-refractivity contribution in [3.63, 3.8) is 0 Å². The van der Waals surface area contributed by atoms with E-state index in [1.807, 2.05) is 0 Å². The van der Waals surface area contributed by atoms with E-state index < -0.39 is 12.0 Å². The molecule has 1 saturated heterocycles. The summed E-state index contributed by atoms with van der Waals surface area (Å²) in [4.78, 5) is 18.2. The Labute approximate surface area is 187 Å². The van der Waals surface area contributed by atoms with Gasteiger partial charge in [0.1, 0.15) is 24.9 Å². The third-order valence-electron chi connectivity index (χ3n) is 4.21. The zero-order chi connectivity index (χ0) is 22.3. The molecule has 1 fully saturated rings. The molecule has 9 nitrogen and oxygen atoms in total. The van der Waals surface area contributed by atoms with E-state index in [4.69, 9.17) is 35.5 Å². The lowest BCUT2D eigenvalue weighted by molar-refractivity contribution is -0.0794. The number of oxime groups is 1. The van der Waals surface area contributed by atoms with Gasteiger partial charge in [0.15, 0.2) is 12.0 Å². The van der Waals surface area contributed by atoms with Gasteiger partial charge in [-0.15, -0.1) is 0 Å². The maximum Gasteiger partial charge on any atom is 0.263 e. The monoisotopic (exact) mass is 460 g/mol. The standard InChI is InChI=1S/C21H18ClFN4O5/c1-28-26-12-18-27(30-11-10-29-18)15-7-3-5-9-17(15)32-21-19(23)20(24-13-25-21)31-16-8-4-2-6-14(16)22/h2-9,12-13,18H,10-11H2,1H3. The maximum atomic E-state index is 15.1. The second-order valence-corrected chi connectivity index (χ2v) is 6.66. The lowest BCUT2D eigenvalue weighted by Gasteiger charge is -2.34. The molecule has 2 aromatic carbocycles. The molecule has 0 spiro atoms. The highest BCUT2D eigenvalue weighted by molar-refractivity contribution is 6.32. The number of rotatable bonds is 7. The van der Waals surface area contributed by atoms with Gasteiger partial charge in [0.05, 0.1) is 24.5 Å². The quantitative estimate of drug-likeness (QED) is 0.374. The van der Waals surface area contributed by atoms with Gasteiger partial charge in [-0.05, 0) is 24.3 Å². The minimum Gasteiger partial charge on any atom is -0.435 e. The number of aromatic nitrogens is 2. The summed E-state index contributed by atoms with van der Waals surface area (Å²) in [6.45, 7) is 0.673. The molecule has 0 bridgehead atoms. The summed E-state index contributed by atoms with van der Waals surface area (Å²) < 4.78 is 32.0. The van der Waals surface area contributed by atoms with Crippen molar-refractivity contribution in [1.82, 2.24) is 9.97 Å². The molecule has 11 heteroatoms. The van der Waals surface area contributed by atoms with E-state index in [-0.39, 0.29) is 23.3 Å². The summed E-state index contributed by atoms with van der Waals surface area (Å²) in [5, 5.41) is 5.49. The second-order valence-electron chi connectivity index (χ2n) is 6.26. The van der Waals surface area contributed by atoms with E-state index in [1.165, 1.54) is 18.4 Å². The number of para-hydroxylation sites is 3. The number of hydrogen-bond acceptors (Lipinski definition) is 9. The van der Waals surface area contributed by atoms with Crippen LogP contribution in [-0.2, 0) is 14.4 Å². The first-order valence-corrected chi connectivity index (χ1v) is 9.85. The van der Waals surface area contributed by atoms with Crippen molar-refractivity contribution in [2.24, 2.45) is 5.16 Å². The Hall–Kier alpha value is -3.47. The van der Waals surface area contributed by atoms with Crippen molar-refractivity contribution in [2.45, 2.75) is 6.23 Å². The zero-order valence-corrected chi connectivity index (χ0v) is 17.6. The van der Waals surface area contributed by atoms with Crippen LogP contribution in [0.4, 0.5) is 10.1 Å². The Balaban J connectivity index is 1.62. The van der Waals surface area contributed by atoms with Crippen LogP contribution in [0.3, 0.4) is 0 Å². The average molecular weight is 461 g/mol. The molecule has 1 aliphatic heterocycles. The Morgan fingerprint density at radius 1 is 1.06 bits per heavy atom. The smallest absolute Gasteiger partial charge is 0.263 e. The lowest BCUT2D eigenvalue weighted by Crippen LogP contribution is -2.44. The predicted octanol–water partition coefficient (Wildman–Crippen LogP) is 4.58. The minimum atomic E-state index is -0.893. The van der Waals surface area contributed by atoms with Gasteiger partial charge in [0.25, 0.3) is 11.8 Å². The summed E-state index contributed by atoms with van der Waals surface area (Å²) in [5.41, 5.74) is 0.464. The predicted molar refractivity (Wildman–Crippen MR) is 114 cm³/mol. The van der Waals surface area contributed by atoms with Crippen LogP contribution in [0.25, 0.3) is 0 Å². The average Bonchev–Trinajstić information content (AvgIpc) is 2.82. The van der Waals surface area contributed by atoms with Crippen LogP contribution in [0.1, 0.15) is 0 Å². The molecule has 0 aliphatic carbocycles. The van der Waals surface area contributed by atoms with Gasteiger partial charge in [-0.25, -0.2) is 5.06 Å².